The lowest BCUT2D eigenvalue weighted by atomic mass is 9.64. The van der Waals surface area contributed by atoms with Crippen molar-refractivity contribution in [2.75, 3.05) is 7.05 Å². The van der Waals surface area contributed by atoms with Crippen LogP contribution in [0.5, 0.6) is 0 Å². The normalized spacial score (nSPS) is 27.5. The van der Waals surface area contributed by atoms with E-state index in [0.29, 0.717) is 19.4 Å². The minimum atomic E-state index is -0.385. The molecule has 1 N–H and O–H groups in total. The van der Waals surface area contributed by atoms with E-state index in [2.05, 4.69) is 24.4 Å². The molecule has 1 aliphatic carbocycles. The molecule has 0 bridgehead atoms. The van der Waals surface area contributed by atoms with E-state index in [1.54, 1.807) is 0 Å². The third-order valence-corrected chi connectivity index (χ3v) is 5.79. The van der Waals surface area contributed by atoms with E-state index in [1.165, 1.54) is 5.56 Å². The Hall–Kier alpha value is -1.84. The van der Waals surface area contributed by atoms with Gasteiger partial charge in [0.2, 0.25) is 11.8 Å². The molecule has 0 unspecified atom stereocenters. The highest BCUT2D eigenvalue weighted by molar-refractivity contribution is 5.87. The Kier molecular flexibility index (Phi) is 4.42. The number of hydrogen-bond donors (Lipinski definition) is 1. The van der Waals surface area contributed by atoms with Crippen LogP contribution >= 0.6 is 0 Å². The summed E-state index contributed by atoms with van der Waals surface area (Å²) in [5, 5.41) is 3.16. The molecular weight excluding hydrogens is 288 g/mol. The van der Waals surface area contributed by atoms with Gasteiger partial charge in [0.15, 0.2) is 0 Å². The van der Waals surface area contributed by atoms with Crippen molar-refractivity contribution >= 4 is 11.8 Å². The third kappa shape index (κ3) is 2.87. The summed E-state index contributed by atoms with van der Waals surface area (Å²) in [7, 11) is 1.86. The summed E-state index contributed by atoms with van der Waals surface area (Å²) < 4.78 is 0. The molecule has 2 atom stereocenters. The lowest BCUT2D eigenvalue weighted by molar-refractivity contribution is -0.153. The molecule has 1 saturated heterocycles. The number of benzene rings is 1. The summed E-state index contributed by atoms with van der Waals surface area (Å²) in [5.74, 6) is 0.309. The van der Waals surface area contributed by atoms with Crippen LogP contribution in [0, 0.1) is 12.3 Å². The van der Waals surface area contributed by atoms with Crippen LogP contribution in [0.1, 0.15) is 49.7 Å². The fourth-order valence-corrected chi connectivity index (χ4v) is 4.30. The monoisotopic (exact) mass is 314 g/mol. The van der Waals surface area contributed by atoms with Gasteiger partial charge in [-0.15, -0.1) is 0 Å². The zero-order valence-electron chi connectivity index (χ0n) is 14.1. The highest BCUT2D eigenvalue weighted by atomic mass is 16.2. The Balaban J connectivity index is 1.76. The standard InChI is InChI=1S/C19H26N2O2/c1-14-7-3-4-8-15(14)13-20-18(23)19-11-6-5-9-16(19)21(2)17(22)10-12-19/h3-4,7-8,16H,5-6,9-13H2,1-2H3,(H,20,23)/t16-,19-/m1/s1. The average molecular weight is 314 g/mol. The van der Waals surface area contributed by atoms with Gasteiger partial charge in [-0.3, -0.25) is 9.59 Å². The van der Waals surface area contributed by atoms with E-state index >= 15 is 0 Å². The Morgan fingerprint density at radius 3 is 2.87 bits per heavy atom. The van der Waals surface area contributed by atoms with Gasteiger partial charge in [-0.2, -0.15) is 0 Å². The second-order valence-electron chi connectivity index (χ2n) is 7.03. The highest BCUT2D eigenvalue weighted by Crippen LogP contribution is 2.46. The van der Waals surface area contributed by atoms with Crippen molar-refractivity contribution < 1.29 is 9.59 Å². The molecule has 3 rings (SSSR count). The Morgan fingerprint density at radius 2 is 2.09 bits per heavy atom. The minimum Gasteiger partial charge on any atom is -0.351 e. The molecule has 4 heteroatoms. The molecule has 2 fully saturated rings. The van der Waals surface area contributed by atoms with Gasteiger partial charge < -0.3 is 10.2 Å². The van der Waals surface area contributed by atoms with E-state index in [-0.39, 0.29) is 23.3 Å². The highest BCUT2D eigenvalue weighted by Gasteiger charge is 2.52. The first-order valence-electron chi connectivity index (χ1n) is 8.63. The van der Waals surface area contributed by atoms with Crippen molar-refractivity contribution in [3.05, 3.63) is 35.4 Å². The molecule has 1 aromatic rings. The first-order chi connectivity index (χ1) is 11.0. The van der Waals surface area contributed by atoms with Crippen LogP contribution in [0.15, 0.2) is 24.3 Å². The second kappa shape index (κ2) is 6.34. The van der Waals surface area contributed by atoms with Gasteiger partial charge in [-0.05, 0) is 37.3 Å². The second-order valence-corrected chi connectivity index (χ2v) is 7.03. The SMILES string of the molecule is Cc1ccccc1CNC(=O)[C@@]12CCCC[C@H]1N(C)C(=O)CC2. The van der Waals surface area contributed by atoms with E-state index in [4.69, 9.17) is 0 Å². The van der Waals surface area contributed by atoms with Crippen LogP contribution in [0.2, 0.25) is 0 Å². The van der Waals surface area contributed by atoms with E-state index in [0.717, 1.165) is 31.2 Å². The molecule has 4 nitrogen and oxygen atoms in total. The summed E-state index contributed by atoms with van der Waals surface area (Å²) >= 11 is 0. The Labute approximate surface area is 138 Å². The van der Waals surface area contributed by atoms with Gasteiger partial charge in [0, 0.05) is 26.1 Å². The fraction of sp³-hybridized carbons (Fsp3) is 0.579. The van der Waals surface area contributed by atoms with Crippen LogP contribution in [0.4, 0.5) is 0 Å². The van der Waals surface area contributed by atoms with Gasteiger partial charge in [0.25, 0.3) is 0 Å². The van der Waals surface area contributed by atoms with Crippen LogP contribution in [-0.2, 0) is 16.1 Å². The average Bonchev–Trinajstić information content (AvgIpc) is 2.57. The number of carbonyl (C=O) groups is 2. The van der Waals surface area contributed by atoms with Crippen LogP contribution in [-0.4, -0.2) is 29.8 Å². The fourth-order valence-electron chi connectivity index (χ4n) is 4.30. The number of hydrogen-bond acceptors (Lipinski definition) is 2. The number of likely N-dealkylation sites (tertiary alicyclic amines) is 1. The lowest BCUT2D eigenvalue weighted by Crippen LogP contribution is -2.60. The predicted molar refractivity (Wildman–Crippen MR) is 89.7 cm³/mol. The number of aryl methyl sites for hydroxylation is 1. The van der Waals surface area contributed by atoms with Crippen molar-refractivity contribution in [2.45, 2.75) is 58.0 Å². The van der Waals surface area contributed by atoms with Crippen LogP contribution < -0.4 is 5.32 Å². The van der Waals surface area contributed by atoms with Gasteiger partial charge in [0.1, 0.15) is 0 Å². The predicted octanol–water partition coefficient (Wildman–Crippen LogP) is 2.79. The number of amides is 2. The zero-order chi connectivity index (χ0) is 16.4. The molecular formula is C19H26N2O2. The summed E-state index contributed by atoms with van der Waals surface area (Å²) in [6, 6.07) is 8.20. The maximum absolute atomic E-state index is 13.0. The number of rotatable bonds is 3. The van der Waals surface area contributed by atoms with E-state index in [1.807, 2.05) is 24.1 Å². The third-order valence-electron chi connectivity index (χ3n) is 5.79. The summed E-state index contributed by atoms with van der Waals surface area (Å²) in [5.41, 5.74) is 1.97. The number of carbonyl (C=O) groups excluding carboxylic acids is 2. The molecule has 1 aliphatic heterocycles. The molecule has 1 saturated carbocycles. The van der Waals surface area contributed by atoms with Crippen LogP contribution in [0.25, 0.3) is 0 Å². The number of fused-ring (bicyclic) bond motifs is 1. The summed E-state index contributed by atoms with van der Waals surface area (Å²) in [6.07, 6.45) is 5.21. The van der Waals surface area contributed by atoms with Gasteiger partial charge >= 0.3 is 0 Å². The minimum absolute atomic E-state index is 0.0642. The quantitative estimate of drug-likeness (QED) is 0.932. The topological polar surface area (TPSA) is 49.4 Å². The Bertz CT molecular complexity index is 613. The molecule has 1 aromatic carbocycles. The molecule has 1 heterocycles. The number of nitrogens with one attached hydrogen (secondary N) is 1. The molecule has 0 radical (unpaired) electrons. The smallest absolute Gasteiger partial charge is 0.228 e. The van der Waals surface area contributed by atoms with Crippen molar-refractivity contribution in [2.24, 2.45) is 5.41 Å². The van der Waals surface area contributed by atoms with Gasteiger partial charge in [-0.1, -0.05) is 37.1 Å². The summed E-state index contributed by atoms with van der Waals surface area (Å²) in [6.45, 7) is 2.63. The maximum atomic E-state index is 13.0. The Morgan fingerprint density at radius 1 is 1.30 bits per heavy atom. The lowest BCUT2D eigenvalue weighted by Gasteiger charge is -2.50. The van der Waals surface area contributed by atoms with E-state index in [9.17, 15) is 9.59 Å². The number of nitrogens with zero attached hydrogens (tertiary/aromatic N) is 1. The molecule has 0 spiro atoms. The van der Waals surface area contributed by atoms with Crippen molar-refractivity contribution in [3.63, 3.8) is 0 Å². The molecule has 124 valence electrons. The van der Waals surface area contributed by atoms with E-state index < -0.39 is 0 Å². The molecule has 2 aliphatic rings. The molecule has 0 aromatic heterocycles. The zero-order valence-corrected chi connectivity index (χ0v) is 14.1. The van der Waals surface area contributed by atoms with Crippen LogP contribution in [0.3, 0.4) is 0 Å². The molecule has 2 amide bonds. The van der Waals surface area contributed by atoms with Crippen molar-refractivity contribution in [1.29, 1.82) is 0 Å². The first-order valence-corrected chi connectivity index (χ1v) is 8.63. The van der Waals surface area contributed by atoms with Crippen molar-refractivity contribution in [1.82, 2.24) is 10.2 Å². The van der Waals surface area contributed by atoms with Gasteiger partial charge in [0.05, 0.1) is 5.41 Å². The summed E-state index contributed by atoms with van der Waals surface area (Å²) in [4.78, 5) is 26.9. The maximum Gasteiger partial charge on any atom is 0.228 e. The van der Waals surface area contributed by atoms with Gasteiger partial charge in [-0.25, -0.2) is 0 Å². The largest absolute Gasteiger partial charge is 0.351 e. The molecule has 23 heavy (non-hydrogen) atoms. The first kappa shape index (κ1) is 16.0. The number of piperidine rings is 1. The van der Waals surface area contributed by atoms with Crippen molar-refractivity contribution in [3.8, 4) is 0 Å².